The average molecular weight is 719 g/mol. The molecule has 0 aliphatic heterocycles. The summed E-state index contributed by atoms with van der Waals surface area (Å²) in [6, 6.07) is 39.9. The van der Waals surface area contributed by atoms with E-state index in [2.05, 4.69) is 24.3 Å². The fourth-order valence-corrected chi connectivity index (χ4v) is 7.89. The van der Waals surface area contributed by atoms with Gasteiger partial charge in [-0.1, -0.05) is 119 Å². The van der Waals surface area contributed by atoms with Crippen LogP contribution in [0.5, 0.6) is 0 Å². The van der Waals surface area contributed by atoms with Gasteiger partial charge in [-0.2, -0.15) is 0 Å². The molecule has 58 heavy (non-hydrogen) atoms. The Morgan fingerprint density at radius 3 is 1.45 bits per heavy atom. The predicted molar refractivity (Wildman–Crippen MR) is 246 cm³/mol. The summed E-state index contributed by atoms with van der Waals surface area (Å²) in [5.74, 6) is 1.57. The van der Waals surface area contributed by atoms with E-state index in [4.69, 9.17) is 82.1 Å². The van der Waals surface area contributed by atoms with Crippen LogP contribution in [0, 0.1) is 0 Å². The van der Waals surface area contributed by atoms with Gasteiger partial charge in [0.25, 0.3) is 0 Å². The van der Waals surface area contributed by atoms with E-state index in [9.17, 15) is 0 Å². The molecule has 250 valence electrons. The highest BCUT2D eigenvalue weighted by Gasteiger charge is 2.24. The Kier molecular flexibility index (Phi) is 8.49. The van der Waals surface area contributed by atoms with Crippen molar-refractivity contribution >= 4 is 150 Å². The van der Waals surface area contributed by atoms with E-state index in [1.807, 2.05) is 102 Å². The van der Waals surface area contributed by atoms with Crippen molar-refractivity contribution in [1.29, 1.82) is 0 Å². The van der Waals surface area contributed by atoms with Crippen molar-refractivity contribution in [2.75, 3.05) is 0 Å². The molecule has 0 fully saturated rings. The Labute approximate surface area is 345 Å². The fourth-order valence-electron chi connectivity index (χ4n) is 7.89. The molecular weight excluding hydrogens is 699 g/mol. The minimum absolute atomic E-state index is 0.124. The number of nitrogens with zero attached hydrogens (tertiary/aromatic N) is 4. The van der Waals surface area contributed by atoms with E-state index < -0.39 is 0 Å². The molecule has 0 N–H and O–H groups in total. The number of fused-ring (bicyclic) bond motifs is 6. The first-order valence-electron chi connectivity index (χ1n) is 18.4. The topological polar surface area (TPSA) is 56.7 Å². The lowest BCUT2D eigenvalue weighted by molar-refractivity contribution is 0.668. The molecule has 0 saturated carbocycles. The van der Waals surface area contributed by atoms with Gasteiger partial charge in [-0.3, -0.25) is 0 Å². The van der Waals surface area contributed by atoms with Gasteiger partial charge in [0.15, 0.2) is 17.5 Å². The zero-order chi connectivity index (χ0) is 40.0. The minimum atomic E-state index is 0.124. The molecule has 3 aromatic heterocycles. The van der Waals surface area contributed by atoms with Crippen molar-refractivity contribution in [3.05, 3.63) is 121 Å². The maximum atomic E-state index is 6.70. The van der Waals surface area contributed by atoms with Gasteiger partial charge in [0.1, 0.15) is 73.9 Å². The van der Waals surface area contributed by atoms with Gasteiger partial charge in [-0.15, -0.1) is 21.9 Å². The zero-order valence-corrected chi connectivity index (χ0v) is 30.9. The summed E-state index contributed by atoms with van der Waals surface area (Å²) < 4.78 is 8.38. The lowest BCUT2D eigenvalue weighted by Gasteiger charge is -2.17. The van der Waals surface area contributed by atoms with Gasteiger partial charge >= 0.3 is 0 Å². The molecule has 0 bridgehead atoms. The van der Waals surface area contributed by atoms with Crippen LogP contribution in [0.3, 0.4) is 0 Å². The summed E-state index contributed by atoms with van der Waals surface area (Å²) in [6.07, 6.45) is 0. The van der Waals surface area contributed by atoms with Gasteiger partial charge in [0, 0.05) is 50.2 Å². The molecule has 3 heterocycles. The molecule has 0 saturated heterocycles. The summed E-state index contributed by atoms with van der Waals surface area (Å²) in [7, 11) is 52.1. The van der Waals surface area contributed by atoms with Gasteiger partial charge < -0.3 is 8.98 Å². The van der Waals surface area contributed by atoms with Crippen LogP contribution in [-0.2, 0) is 0 Å². The Bertz CT molecular complexity index is 3240. The largest absolute Gasteiger partial charge is 0.456 e. The first-order chi connectivity index (χ1) is 28.1. The highest BCUT2D eigenvalue weighted by Crippen LogP contribution is 2.38. The predicted octanol–water partition coefficient (Wildman–Crippen LogP) is 1.89. The van der Waals surface area contributed by atoms with Crippen molar-refractivity contribution in [1.82, 2.24) is 19.5 Å². The number of hydrogen-bond acceptors (Lipinski definition) is 4. The Morgan fingerprint density at radius 1 is 0.379 bits per heavy atom. The fraction of sp³-hybridized carbons (Fsp3) is 0. The summed E-state index contributed by atoms with van der Waals surface area (Å²) in [5.41, 5.74) is 8.65. The van der Waals surface area contributed by atoms with Crippen molar-refractivity contribution in [2.24, 2.45) is 0 Å². The third kappa shape index (κ3) is 5.47. The van der Waals surface area contributed by atoms with E-state index in [0.717, 1.165) is 38.6 Å². The molecule has 0 spiro atoms. The summed E-state index contributed by atoms with van der Waals surface area (Å²) in [5, 5.41) is 2.55. The van der Waals surface area contributed by atoms with Gasteiger partial charge in [-0.05, 0) is 40.1 Å². The highest BCUT2D eigenvalue weighted by molar-refractivity contribution is 6.71. The monoisotopic (exact) mass is 720 g/mol. The maximum Gasteiger partial charge on any atom is 0.164 e. The quantitative estimate of drug-likeness (QED) is 0.256. The molecule has 7 aromatic carbocycles. The molecule has 0 atom stereocenters. The number of aromatic nitrogens is 4. The van der Waals surface area contributed by atoms with E-state index in [0.29, 0.717) is 56.1 Å². The first-order valence-corrected chi connectivity index (χ1v) is 18.4. The molecule has 13 heteroatoms. The lowest BCUT2D eigenvalue weighted by Crippen LogP contribution is -2.49. The van der Waals surface area contributed by atoms with Crippen LogP contribution in [0.15, 0.2) is 126 Å². The second kappa shape index (κ2) is 13.7. The summed E-state index contributed by atoms with van der Waals surface area (Å²) in [4.78, 5) is 15.0. The van der Waals surface area contributed by atoms with Crippen molar-refractivity contribution in [3.63, 3.8) is 0 Å². The second-order valence-electron chi connectivity index (χ2n) is 14.2. The van der Waals surface area contributed by atoms with Gasteiger partial charge in [0.05, 0.1) is 0 Å². The van der Waals surface area contributed by atoms with Crippen LogP contribution in [0.25, 0.3) is 94.7 Å². The molecule has 0 amide bonds. The molecule has 10 aromatic rings. The van der Waals surface area contributed by atoms with Crippen LogP contribution < -0.4 is 43.7 Å². The molecule has 0 aliphatic carbocycles. The van der Waals surface area contributed by atoms with Crippen molar-refractivity contribution < 1.29 is 4.42 Å². The van der Waals surface area contributed by atoms with Gasteiger partial charge in [0.2, 0.25) is 0 Å². The van der Waals surface area contributed by atoms with Crippen LogP contribution in [0.4, 0.5) is 0 Å². The van der Waals surface area contributed by atoms with Crippen molar-refractivity contribution in [3.8, 4) is 51.0 Å². The van der Waals surface area contributed by atoms with Crippen LogP contribution >= 0.6 is 0 Å². The number of benzene rings is 7. The average Bonchev–Trinajstić information content (AvgIpc) is 3.83. The SMILES string of the molecule is [B]c1c([B])c([B])c2c(c1[B])c1c([B])c([B])c([B])c([B])c1n2-c1ccc2c(c1)oc1cccc(-c3nc(-c4ccccc4)nc(-c4ccc(-c5ccccc5)cc4)n3)c12. The van der Waals surface area contributed by atoms with E-state index in [1.165, 1.54) is 0 Å². The van der Waals surface area contributed by atoms with Crippen LogP contribution in [0.1, 0.15) is 0 Å². The Hall–Kier alpha value is -6.33. The van der Waals surface area contributed by atoms with Crippen LogP contribution in [-0.4, -0.2) is 82.3 Å². The number of rotatable bonds is 5. The Morgan fingerprint density at radius 2 is 0.862 bits per heavy atom. The smallest absolute Gasteiger partial charge is 0.164 e. The molecule has 5 nitrogen and oxygen atoms in total. The van der Waals surface area contributed by atoms with E-state index in [1.54, 1.807) is 0 Å². The third-order valence-corrected chi connectivity index (χ3v) is 10.9. The zero-order valence-electron chi connectivity index (χ0n) is 30.9. The Balaban J connectivity index is 1.18. The van der Waals surface area contributed by atoms with Gasteiger partial charge in [-0.25, -0.2) is 15.0 Å². The normalized spacial score (nSPS) is 11.7. The van der Waals surface area contributed by atoms with Crippen molar-refractivity contribution in [2.45, 2.75) is 0 Å². The number of furan rings is 1. The highest BCUT2D eigenvalue weighted by atomic mass is 16.3. The maximum absolute atomic E-state index is 6.70. The lowest BCUT2D eigenvalue weighted by atomic mass is 9.63. The standard InChI is InChI=1S/C45H20B8N4O/c46-33-31-32-34(47)36(49)38(51)40(53)42(32)57(41(31)39(52)37(50)35(33)48)25-18-19-26-29(20-25)58-28-13-7-12-27(30(26)28)45-55-43(23-10-5-2-6-11-23)54-44(56-45)24-16-14-22(15-17-24)21-8-3-1-4-9-21/h1-20H. The van der Waals surface area contributed by atoms with E-state index >= 15 is 0 Å². The number of hydrogen-bond donors (Lipinski definition) is 0. The molecule has 16 radical (unpaired) electrons. The molecule has 0 unspecified atom stereocenters. The second-order valence-corrected chi connectivity index (χ2v) is 14.2. The summed E-state index contributed by atoms with van der Waals surface area (Å²) in [6.45, 7) is 0. The van der Waals surface area contributed by atoms with E-state index in [-0.39, 0.29) is 43.7 Å². The first kappa shape index (κ1) is 36.0. The van der Waals surface area contributed by atoms with Crippen LogP contribution in [0.2, 0.25) is 0 Å². The molecule has 0 aliphatic rings. The minimum Gasteiger partial charge on any atom is -0.456 e. The third-order valence-electron chi connectivity index (χ3n) is 10.9. The summed E-state index contributed by atoms with van der Waals surface area (Å²) >= 11 is 0. The molecular formula is C45H20B8N4O. The molecule has 10 rings (SSSR count).